The van der Waals surface area contributed by atoms with Gasteiger partial charge in [-0.25, -0.2) is 4.79 Å². The number of nitrogens with two attached hydrogens (primary N) is 1. The minimum atomic E-state index is -0.632. The van der Waals surface area contributed by atoms with Gasteiger partial charge in [-0.2, -0.15) is 0 Å². The number of nitro groups is 1. The van der Waals surface area contributed by atoms with Crippen molar-refractivity contribution in [2.45, 2.75) is 45.6 Å². The first-order valence-electron chi connectivity index (χ1n) is 7.41. The van der Waals surface area contributed by atoms with Crippen LogP contribution in [0.2, 0.25) is 0 Å². The zero-order valence-corrected chi connectivity index (χ0v) is 14.3. The first-order valence-corrected chi connectivity index (χ1v) is 7.41. The summed E-state index contributed by atoms with van der Waals surface area (Å²) in [6.45, 7) is 9.50. The first-order chi connectivity index (χ1) is 10.5. The molecule has 0 heterocycles. The van der Waals surface area contributed by atoms with Gasteiger partial charge in [0.25, 0.3) is 5.69 Å². The largest absolute Gasteiger partial charge is 0.444 e. The summed E-state index contributed by atoms with van der Waals surface area (Å²) in [7, 11) is 0. The van der Waals surface area contributed by atoms with E-state index in [2.05, 4.69) is 5.32 Å². The van der Waals surface area contributed by atoms with Gasteiger partial charge in [0.05, 0.1) is 4.92 Å². The Morgan fingerprint density at radius 2 is 1.96 bits per heavy atom. The van der Waals surface area contributed by atoms with E-state index in [1.54, 1.807) is 26.8 Å². The number of non-ortho nitro benzene ring substituents is 1. The lowest BCUT2D eigenvalue weighted by molar-refractivity contribution is -0.385. The highest BCUT2D eigenvalue weighted by Gasteiger charge is 2.30. The molecule has 0 bridgehead atoms. The number of nitrogens with one attached hydrogen (secondary N) is 1. The predicted molar refractivity (Wildman–Crippen MR) is 88.5 cm³/mol. The van der Waals surface area contributed by atoms with E-state index in [1.807, 2.05) is 13.8 Å². The van der Waals surface area contributed by atoms with Crippen LogP contribution >= 0.6 is 0 Å². The highest BCUT2D eigenvalue weighted by Crippen LogP contribution is 2.29. The zero-order chi connectivity index (χ0) is 17.8. The summed E-state index contributed by atoms with van der Waals surface area (Å²) >= 11 is 0. The van der Waals surface area contributed by atoms with Gasteiger partial charge in [-0.3, -0.25) is 10.1 Å². The lowest BCUT2D eigenvalue weighted by atomic mass is 9.80. The van der Waals surface area contributed by atoms with Crippen molar-refractivity contribution < 1.29 is 14.5 Å². The van der Waals surface area contributed by atoms with Crippen molar-refractivity contribution in [3.05, 3.63) is 39.4 Å². The molecule has 0 aliphatic carbocycles. The van der Waals surface area contributed by atoms with Crippen LogP contribution in [0.1, 0.15) is 38.8 Å². The SMILES string of the molecule is Cc1ccc([N+](=O)[O-])cc1C(C)(CN)CNC(=O)OC(C)(C)C. The highest BCUT2D eigenvalue weighted by atomic mass is 16.6. The average Bonchev–Trinajstić information content (AvgIpc) is 2.43. The van der Waals surface area contributed by atoms with E-state index in [-0.39, 0.29) is 18.8 Å². The number of ether oxygens (including phenoxy) is 1. The third-order valence-corrected chi connectivity index (χ3v) is 3.55. The summed E-state index contributed by atoms with van der Waals surface area (Å²) in [5, 5.41) is 13.7. The van der Waals surface area contributed by atoms with Crippen molar-refractivity contribution in [2.24, 2.45) is 5.73 Å². The number of aryl methyl sites for hydroxylation is 1. The maximum absolute atomic E-state index is 11.8. The van der Waals surface area contributed by atoms with E-state index in [1.165, 1.54) is 12.1 Å². The van der Waals surface area contributed by atoms with Gasteiger partial charge in [-0.15, -0.1) is 0 Å². The molecule has 0 aliphatic rings. The normalized spacial score (nSPS) is 14.0. The Morgan fingerprint density at radius 1 is 1.35 bits per heavy atom. The van der Waals surface area contributed by atoms with Gasteiger partial charge < -0.3 is 15.8 Å². The number of nitrogens with zero attached hydrogens (tertiary/aromatic N) is 1. The highest BCUT2D eigenvalue weighted by molar-refractivity contribution is 5.68. The summed E-state index contributed by atoms with van der Waals surface area (Å²) in [4.78, 5) is 22.4. The number of amides is 1. The van der Waals surface area contributed by atoms with E-state index in [9.17, 15) is 14.9 Å². The molecule has 0 aliphatic heterocycles. The molecule has 0 saturated heterocycles. The van der Waals surface area contributed by atoms with Crippen molar-refractivity contribution in [3.63, 3.8) is 0 Å². The number of carbonyl (C=O) groups excluding carboxylic acids is 1. The number of carbonyl (C=O) groups is 1. The number of rotatable bonds is 5. The molecule has 0 saturated carbocycles. The number of hydrogen-bond donors (Lipinski definition) is 2. The van der Waals surface area contributed by atoms with Crippen LogP contribution in [-0.2, 0) is 10.2 Å². The fourth-order valence-electron chi connectivity index (χ4n) is 2.23. The Kier molecular flexibility index (Phi) is 5.71. The molecule has 1 aromatic carbocycles. The van der Waals surface area contributed by atoms with Crippen LogP contribution < -0.4 is 11.1 Å². The number of nitro benzene ring substituents is 1. The second kappa shape index (κ2) is 6.95. The van der Waals surface area contributed by atoms with E-state index < -0.39 is 22.0 Å². The summed E-state index contributed by atoms with van der Waals surface area (Å²) in [5.41, 5.74) is 6.29. The molecule has 0 radical (unpaired) electrons. The lowest BCUT2D eigenvalue weighted by Gasteiger charge is -2.31. The van der Waals surface area contributed by atoms with Crippen molar-refractivity contribution in [3.8, 4) is 0 Å². The topological polar surface area (TPSA) is 107 Å². The summed E-state index contributed by atoms with van der Waals surface area (Å²) in [6.07, 6.45) is -0.541. The van der Waals surface area contributed by atoms with Crippen molar-refractivity contribution in [1.82, 2.24) is 5.32 Å². The average molecular weight is 323 g/mol. The molecule has 0 fully saturated rings. The fourth-order valence-corrected chi connectivity index (χ4v) is 2.23. The number of benzene rings is 1. The fraction of sp³-hybridized carbons (Fsp3) is 0.562. The maximum Gasteiger partial charge on any atom is 0.407 e. The van der Waals surface area contributed by atoms with Gasteiger partial charge in [0.15, 0.2) is 0 Å². The van der Waals surface area contributed by atoms with Crippen LogP contribution in [0.3, 0.4) is 0 Å². The Labute approximate surface area is 136 Å². The molecule has 1 amide bonds. The molecule has 7 nitrogen and oxygen atoms in total. The molecule has 128 valence electrons. The quantitative estimate of drug-likeness (QED) is 0.640. The third-order valence-electron chi connectivity index (χ3n) is 3.55. The van der Waals surface area contributed by atoms with Crippen LogP contribution in [-0.4, -0.2) is 29.7 Å². The molecule has 23 heavy (non-hydrogen) atoms. The minimum absolute atomic E-state index is 0.00235. The second-order valence-corrected chi connectivity index (χ2v) is 6.88. The van der Waals surface area contributed by atoms with Gasteiger partial charge in [0.1, 0.15) is 5.60 Å². The molecule has 3 N–H and O–H groups in total. The van der Waals surface area contributed by atoms with Gasteiger partial charge in [-0.05, 0) is 38.8 Å². The van der Waals surface area contributed by atoms with E-state index >= 15 is 0 Å². The van der Waals surface area contributed by atoms with Crippen LogP contribution in [0.5, 0.6) is 0 Å². The van der Waals surface area contributed by atoms with Gasteiger partial charge >= 0.3 is 6.09 Å². The molecular weight excluding hydrogens is 298 g/mol. The van der Waals surface area contributed by atoms with Crippen LogP contribution in [0.15, 0.2) is 18.2 Å². The lowest BCUT2D eigenvalue weighted by Crippen LogP contribution is -2.45. The summed E-state index contributed by atoms with van der Waals surface area (Å²) < 4.78 is 5.21. The monoisotopic (exact) mass is 323 g/mol. The van der Waals surface area contributed by atoms with Gasteiger partial charge in [0.2, 0.25) is 0 Å². The molecule has 7 heteroatoms. The minimum Gasteiger partial charge on any atom is -0.444 e. The van der Waals surface area contributed by atoms with Crippen LogP contribution in [0, 0.1) is 17.0 Å². The number of alkyl carbamates (subject to hydrolysis) is 1. The van der Waals surface area contributed by atoms with E-state index in [4.69, 9.17) is 10.5 Å². The molecule has 1 rings (SSSR count). The Morgan fingerprint density at radius 3 is 2.43 bits per heavy atom. The Balaban J connectivity index is 2.99. The van der Waals surface area contributed by atoms with E-state index in [0.29, 0.717) is 0 Å². The summed E-state index contributed by atoms with van der Waals surface area (Å²) in [5.74, 6) is 0. The second-order valence-electron chi connectivity index (χ2n) is 6.88. The molecule has 1 unspecified atom stereocenters. The molecule has 0 aromatic heterocycles. The molecule has 0 spiro atoms. The molecule has 1 aromatic rings. The third kappa shape index (κ3) is 5.21. The van der Waals surface area contributed by atoms with Gasteiger partial charge in [-0.1, -0.05) is 13.0 Å². The van der Waals surface area contributed by atoms with E-state index in [0.717, 1.165) is 11.1 Å². The predicted octanol–water partition coefficient (Wildman–Crippen LogP) is 2.64. The maximum atomic E-state index is 11.8. The number of hydrogen-bond acceptors (Lipinski definition) is 5. The Hall–Kier alpha value is -2.15. The van der Waals surface area contributed by atoms with Crippen LogP contribution in [0.4, 0.5) is 10.5 Å². The first kappa shape index (κ1) is 18.9. The smallest absolute Gasteiger partial charge is 0.407 e. The standard InChI is InChI=1S/C16H25N3O4/c1-11-6-7-12(19(21)22)8-13(11)16(5,9-17)10-18-14(20)23-15(2,3)4/h6-8H,9-10,17H2,1-5H3,(H,18,20). The van der Waals surface area contributed by atoms with Crippen molar-refractivity contribution >= 4 is 11.8 Å². The zero-order valence-electron chi connectivity index (χ0n) is 14.3. The van der Waals surface area contributed by atoms with Gasteiger partial charge in [0, 0.05) is 30.6 Å². The van der Waals surface area contributed by atoms with Crippen molar-refractivity contribution in [2.75, 3.05) is 13.1 Å². The van der Waals surface area contributed by atoms with Crippen molar-refractivity contribution in [1.29, 1.82) is 0 Å². The van der Waals surface area contributed by atoms with Crippen LogP contribution in [0.25, 0.3) is 0 Å². The molecular formula is C16H25N3O4. The Bertz CT molecular complexity index is 595. The molecule has 1 atom stereocenters. The summed E-state index contributed by atoms with van der Waals surface area (Å²) in [6, 6.07) is 4.66.